The summed E-state index contributed by atoms with van der Waals surface area (Å²) in [7, 11) is -2.77. The minimum Gasteiger partial charge on any atom is -0.496 e. The van der Waals surface area contributed by atoms with Gasteiger partial charge >= 0.3 is 6.09 Å². The summed E-state index contributed by atoms with van der Waals surface area (Å²) in [5.41, 5.74) is 0.985. The zero-order chi connectivity index (χ0) is 26.2. The van der Waals surface area contributed by atoms with Crippen molar-refractivity contribution in [1.82, 2.24) is 9.62 Å². The first-order valence-corrected chi connectivity index (χ1v) is 12.6. The lowest BCUT2D eigenvalue weighted by Gasteiger charge is -2.33. The van der Waals surface area contributed by atoms with E-state index >= 15 is 0 Å². The van der Waals surface area contributed by atoms with Crippen LogP contribution in [0.15, 0.2) is 53.4 Å². The van der Waals surface area contributed by atoms with Crippen molar-refractivity contribution in [2.75, 3.05) is 7.11 Å². The monoisotopic (exact) mass is 503 g/mol. The molecule has 9 nitrogen and oxygen atoms in total. The Balaban J connectivity index is 2.57. The van der Waals surface area contributed by atoms with E-state index in [1.54, 1.807) is 36.4 Å². The van der Waals surface area contributed by atoms with Gasteiger partial charge in [0, 0.05) is 13.0 Å². The predicted octanol–water partition coefficient (Wildman–Crippen LogP) is 3.73. The van der Waals surface area contributed by atoms with Gasteiger partial charge in [-0.25, -0.2) is 13.2 Å². The van der Waals surface area contributed by atoms with Crippen LogP contribution in [0, 0.1) is 16.7 Å². The maximum absolute atomic E-state index is 13.9. The summed E-state index contributed by atoms with van der Waals surface area (Å²) in [6, 6.07) is 15.3. The number of aliphatic hydroxyl groups is 1. The van der Waals surface area contributed by atoms with Crippen LogP contribution in [0.2, 0.25) is 0 Å². The molecule has 0 heterocycles. The lowest BCUT2D eigenvalue weighted by Crippen LogP contribution is -2.55. The summed E-state index contributed by atoms with van der Waals surface area (Å²) >= 11 is 0. The number of aliphatic hydroxyl groups excluding tert-OH is 1. The van der Waals surface area contributed by atoms with E-state index in [-0.39, 0.29) is 16.9 Å². The fraction of sp³-hybridized carbons (Fsp3) is 0.440. The van der Waals surface area contributed by atoms with Gasteiger partial charge in [0.15, 0.2) is 0 Å². The number of amides is 1. The van der Waals surface area contributed by atoms with Crippen LogP contribution >= 0.6 is 0 Å². The molecule has 1 amide bonds. The Bertz CT molecular complexity index is 1140. The van der Waals surface area contributed by atoms with Crippen molar-refractivity contribution >= 4 is 16.1 Å². The topological polar surface area (TPSA) is 140 Å². The van der Waals surface area contributed by atoms with Crippen LogP contribution in [0.1, 0.15) is 44.7 Å². The van der Waals surface area contributed by atoms with E-state index in [2.05, 4.69) is 11.4 Å². The number of methoxy groups -OCH3 is 1. The molecule has 0 fully saturated rings. The first-order valence-electron chi connectivity index (χ1n) is 11.2. The summed E-state index contributed by atoms with van der Waals surface area (Å²) in [5, 5.41) is 30.7. The van der Waals surface area contributed by atoms with E-state index in [1.807, 2.05) is 13.8 Å². The smallest absolute Gasteiger partial charge is 0.406 e. The Morgan fingerprint density at radius 1 is 1.23 bits per heavy atom. The molecule has 0 bridgehead atoms. The molecule has 0 aliphatic carbocycles. The zero-order valence-corrected chi connectivity index (χ0v) is 21.2. The number of ether oxygens (including phenoxy) is 1. The lowest BCUT2D eigenvalue weighted by atomic mass is 9.81. The highest BCUT2D eigenvalue weighted by atomic mass is 32.2. The first kappa shape index (κ1) is 28.1. The molecular weight excluding hydrogens is 470 g/mol. The van der Waals surface area contributed by atoms with Gasteiger partial charge in [-0.2, -0.15) is 9.57 Å². The Kier molecular flexibility index (Phi) is 9.65. The van der Waals surface area contributed by atoms with E-state index < -0.39 is 28.4 Å². The van der Waals surface area contributed by atoms with E-state index in [0.29, 0.717) is 36.1 Å². The van der Waals surface area contributed by atoms with E-state index in [4.69, 9.17) is 10.00 Å². The molecule has 190 valence electrons. The standard InChI is InChI=1S/C25H33N3O6S/c1-18(29)23(27-24(30)31)28(17-19-9-6-5-7-10-19)35(32,33)21-11-12-22(34-4)20(15-21)16-25(2,3)13-8-14-26/h5-7,9-12,15,18,23,27,29H,8,13,16-17H2,1-4H3,(H,30,31)/t18-,23+/m1/s1. The minimum atomic E-state index is -4.27. The summed E-state index contributed by atoms with van der Waals surface area (Å²) in [5.74, 6) is 0.513. The molecule has 0 radical (unpaired) electrons. The molecule has 2 rings (SSSR count). The van der Waals surface area contributed by atoms with Gasteiger partial charge in [0.25, 0.3) is 0 Å². The number of sulfonamides is 1. The van der Waals surface area contributed by atoms with Crippen molar-refractivity contribution < 1.29 is 28.2 Å². The van der Waals surface area contributed by atoms with Gasteiger partial charge in [0.1, 0.15) is 11.9 Å². The van der Waals surface area contributed by atoms with Crippen molar-refractivity contribution in [2.45, 2.75) is 63.7 Å². The summed E-state index contributed by atoms with van der Waals surface area (Å²) in [6.07, 6.45) is -2.75. The van der Waals surface area contributed by atoms with Crippen LogP contribution in [0.5, 0.6) is 5.75 Å². The number of hydrogen-bond donors (Lipinski definition) is 3. The lowest BCUT2D eigenvalue weighted by molar-refractivity contribution is 0.0785. The van der Waals surface area contributed by atoms with Crippen molar-refractivity contribution in [3.8, 4) is 11.8 Å². The molecule has 0 aromatic heterocycles. The molecule has 0 aliphatic rings. The molecule has 3 N–H and O–H groups in total. The maximum atomic E-state index is 13.9. The molecule has 10 heteroatoms. The normalized spacial score (nSPS) is 13.6. The third-order valence-electron chi connectivity index (χ3n) is 5.66. The zero-order valence-electron chi connectivity index (χ0n) is 20.4. The second kappa shape index (κ2) is 12.0. The number of nitrogens with zero attached hydrogens (tertiary/aromatic N) is 2. The molecule has 0 saturated carbocycles. The van der Waals surface area contributed by atoms with Crippen LogP contribution in [0.4, 0.5) is 4.79 Å². The van der Waals surface area contributed by atoms with Crippen molar-refractivity contribution in [2.24, 2.45) is 5.41 Å². The highest BCUT2D eigenvalue weighted by Crippen LogP contribution is 2.34. The third-order valence-corrected chi connectivity index (χ3v) is 7.48. The largest absolute Gasteiger partial charge is 0.496 e. The van der Waals surface area contributed by atoms with Crippen LogP contribution in [-0.2, 0) is 23.0 Å². The van der Waals surface area contributed by atoms with Gasteiger partial charge < -0.3 is 20.3 Å². The fourth-order valence-corrected chi connectivity index (χ4v) is 5.49. The van der Waals surface area contributed by atoms with E-state index in [0.717, 1.165) is 4.31 Å². The molecule has 0 saturated heterocycles. The fourth-order valence-electron chi connectivity index (χ4n) is 3.84. The number of carbonyl (C=O) groups is 1. The van der Waals surface area contributed by atoms with Crippen molar-refractivity contribution in [1.29, 1.82) is 5.26 Å². The molecule has 2 aromatic carbocycles. The van der Waals surface area contributed by atoms with Gasteiger partial charge in [0.2, 0.25) is 10.0 Å². The Morgan fingerprint density at radius 3 is 2.43 bits per heavy atom. The SMILES string of the molecule is COc1ccc(S(=O)(=O)N(Cc2ccccc2)[C@H](NC(=O)O)[C@@H](C)O)cc1CC(C)(C)CCC#N. The number of rotatable bonds is 12. The van der Waals surface area contributed by atoms with Crippen molar-refractivity contribution in [3.63, 3.8) is 0 Å². The van der Waals surface area contributed by atoms with Crippen LogP contribution in [0.3, 0.4) is 0 Å². The summed E-state index contributed by atoms with van der Waals surface area (Å²) < 4.78 is 34.1. The average molecular weight is 504 g/mol. The Morgan fingerprint density at radius 2 is 1.89 bits per heavy atom. The van der Waals surface area contributed by atoms with Gasteiger partial charge in [-0.05, 0) is 54.5 Å². The second-order valence-corrected chi connectivity index (χ2v) is 11.0. The minimum absolute atomic E-state index is 0.0573. The number of benzene rings is 2. The van der Waals surface area contributed by atoms with Gasteiger partial charge in [-0.15, -0.1) is 0 Å². The molecule has 0 aliphatic heterocycles. The summed E-state index contributed by atoms with van der Waals surface area (Å²) in [6.45, 7) is 5.15. The molecular formula is C25H33N3O6S. The second-order valence-electron chi connectivity index (χ2n) is 9.14. The Hall–Kier alpha value is -3.13. The molecule has 35 heavy (non-hydrogen) atoms. The van der Waals surface area contributed by atoms with Crippen LogP contribution in [-0.4, -0.2) is 48.4 Å². The van der Waals surface area contributed by atoms with E-state index in [9.17, 15) is 23.4 Å². The average Bonchev–Trinajstić information content (AvgIpc) is 2.80. The number of hydrogen-bond acceptors (Lipinski definition) is 6. The quantitative estimate of drug-likeness (QED) is 0.375. The molecule has 0 unspecified atom stereocenters. The first-order chi connectivity index (χ1) is 16.4. The van der Waals surface area contributed by atoms with Gasteiger partial charge in [-0.3, -0.25) is 0 Å². The summed E-state index contributed by atoms with van der Waals surface area (Å²) in [4.78, 5) is 11.4. The molecule has 2 atom stereocenters. The van der Waals surface area contributed by atoms with Crippen LogP contribution < -0.4 is 10.1 Å². The maximum Gasteiger partial charge on any atom is 0.406 e. The Labute approximate surface area is 207 Å². The predicted molar refractivity (Wildman–Crippen MR) is 131 cm³/mol. The van der Waals surface area contributed by atoms with Crippen LogP contribution in [0.25, 0.3) is 0 Å². The van der Waals surface area contributed by atoms with E-state index in [1.165, 1.54) is 26.2 Å². The number of carboxylic acid groups (broad SMARTS) is 1. The highest BCUT2D eigenvalue weighted by Gasteiger charge is 2.36. The molecule has 0 spiro atoms. The van der Waals surface area contributed by atoms with Gasteiger partial charge in [-0.1, -0.05) is 44.2 Å². The number of nitriles is 1. The number of nitrogens with one attached hydrogen (secondary N) is 1. The highest BCUT2D eigenvalue weighted by molar-refractivity contribution is 7.89. The third kappa shape index (κ3) is 7.68. The molecule has 2 aromatic rings. The van der Waals surface area contributed by atoms with Crippen molar-refractivity contribution in [3.05, 3.63) is 59.7 Å². The van der Waals surface area contributed by atoms with Gasteiger partial charge in [0.05, 0.1) is 24.2 Å².